The van der Waals surface area contributed by atoms with Gasteiger partial charge < -0.3 is 15.4 Å². The second-order valence-corrected chi connectivity index (χ2v) is 6.81. The number of carbonyl (C=O) groups excluding carboxylic acids is 1. The molecular formula is C17H24Cl2N2O2. The van der Waals surface area contributed by atoms with Crippen LogP contribution in [0.25, 0.3) is 0 Å². The van der Waals surface area contributed by atoms with Gasteiger partial charge in [0.05, 0.1) is 12.5 Å². The predicted octanol–water partition coefficient (Wildman–Crippen LogP) is 3.17. The fourth-order valence-corrected chi connectivity index (χ4v) is 4.07. The molecule has 6 heteroatoms. The normalized spacial score (nSPS) is 26.1. The van der Waals surface area contributed by atoms with Gasteiger partial charge in [-0.15, -0.1) is 12.4 Å². The highest BCUT2D eigenvalue weighted by atomic mass is 35.5. The molecule has 0 spiro atoms. The maximum Gasteiger partial charge on any atom is 0.228 e. The first kappa shape index (κ1) is 18.4. The molecule has 0 unspecified atom stereocenters. The minimum Gasteiger partial charge on any atom is -0.496 e. The Balaban J connectivity index is 0.00000192. The van der Waals surface area contributed by atoms with E-state index in [1.807, 2.05) is 12.1 Å². The van der Waals surface area contributed by atoms with Crippen molar-refractivity contribution in [3.8, 4) is 5.75 Å². The summed E-state index contributed by atoms with van der Waals surface area (Å²) < 4.78 is 5.34. The van der Waals surface area contributed by atoms with Crippen molar-refractivity contribution in [2.24, 2.45) is 11.3 Å². The molecule has 2 fully saturated rings. The molecule has 1 aliphatic heterocycles. The zero-order chi connectivity index (χ0) is 15.6. The topological polar surface area (TPSA) is 50.4 Å². The largest absolute Gasteiger partial charge is 0.496 e. The fourth-order valence-electron chi connectivity index (χ4n) is 3.91. The van der Waals surface area contributed by atoms with Crippen LogP contribution in [-0.4, -0.2) is 26.1 Å². The molecule has 128 valence electrons. The molecule has 1 aromatic rings. The number of carbonyl (C=O) groups is 1. The Bertz CT molecular complexity index is 568. The van der Waals surface area contributed by atoms with E-state index in [4.69, 9.17) is 16.3 Å². The lowest BCUT2D eigenvalue weighted by Gasteiger charge is -2.37. The Morgan fingerprint density at radius 1 is 1.48 bits per heavy atom. The number of ether oxygens (including phenoxy) is 1. The van der Waals surface area contributed by atoms with E-state index in [1.54, 1.807) is 13.2 Å². The summed E-state index contributed by atoms with van der Waals surface area (Å²) in [6.45, 7) is 2.26. The van der Waals surface area contributed by atoms with Crippen molar-refractivity contribution in [2.45, 2.75) is 32.2 Å². The molecule has 0 bridgehead atoms. The van der Waals surface area contributed by atoms with Crippen LogP contribution in [0.4, 0.5) is 0 Å². The van der Waals surface area contributed by atoms with Crippen LogP contribution in [0, 0.1) is 11.3 Å². The van der Waals surface area contributed by atoms with E-state index in [1.165, 1.54) is 6.42 Å². The zero-order valence-corrected chi connectivity index (χ0v) is 14.9. The number of hydrogen-bond donors (Lipinski definition) is 2. The van der Waals surface area contributed by atoms with Crippen molar-refractivity contribution in [1.82, 2.24) is 10.6 Å². The van der Waals surface area contributed by atoms with E-state index in [-0.39, 0.29) is 23.7 Å². The summed E-state index contributed by atoms with van der Waals surface area (Å²) >= 11 is 5.98. The van der Waals surface area contributed by atoms with Gasteiger partial charge in [-0.3, -0.25) is 4.79 Å². The van der Waals surface area contributed by atoms with Gasteiger partial charge in [0.1, 0.15) is 5.75 Å². The molecule has 0 radical (unpaired) electrons. The summed E-state index contributed by atoms with van der Waals surface area (Å²) in [6, 6.07) is 5.51. The van der Waals surface area contributed by atoms with Crippen molar-refractivity contribution >= 4 is 29.9 Å². The first-order valence-corrected chi connectivity index (χ1v) is 8.35. The second kappa shape index (κ2) is 7.73. The van der Waals surface area contributed by atoms with Gasteiger partial charge >= 0.3 is 0 Å². The van der Waals surface area contributed by atoms with Crippen LogP contribution in [0.2, 0.25) is 5.02 Å². The highest BCUT2D eigenvalue weighted by molar-refractivity contribution is 6.30. The lowest BCUT2D eigenvalue weighted by atomic mass is 9.67. The van der Waals surface area contributed by atoms with Gasteiger partial charge in [-0.05, 0) is 37.4 Å². The molecule has 1 saturated carbocycles. The van der Waals surface area contributed by atoms with Gasteiger partial charge in [-0.2, -0.15) is 0 Å². The number of hydrogen-bond acceptors (Lipinski definition) is 3. The lowest BCUT2D eigenvalue weighted by molar-refractivity contribution is -0.134. The van der Waals surface area contributed by atoms with Crippen molar-refractivity contribution < 1.29 is 9.53 Å². The zero-order valence-electron chi connectivity index (χ0n) is 13.4. The number of methoxy groups -OCH3 is 1. The number of benzene rings is 1. The highest BCUT2D eigenvalue weighted by Gasteiger charge is 2.49. The number of amides is 1. The van der Waals surface area contributed by atoms with E-state index < -0.39 is 0 Å². The molecule has 4 nitrogen and oxygen atoms in total. The van der Waals surface area contributed by atoms with Crippen LogP contribution in [0.3, 0.4) is 0 Å². The lowest BCUT2D eigenvalue weighted by Crippen LogP contribution is -2.47. The van der Waals surface area contributed by atoms with Gasteiger partial charge in [-0.1, -0.05) is 30.5 Å². The number of fused-ring (bicyclic) bond motifs is 1. The summed E-state index contributed by atoms with van der Waals surface area (Å²) in [5, 5.41) is 7.17. The SMILES string of the molecule is COc1cc(Cl)ccc1CNC(=O)[C@@]12CCCC[C@H]1CNC2.Cl. The Hall–Kier alpha value is -0.970. The summed E-state index contributed by atoms with van der Waals surface area (Å²) in [6.07, 6.45) is 4.54. The van der Waals surface area contributed by atoms with Crippen LogP contribution in [0.5, 0.6) is 5.75 Å². The molecule has 2 N–H and O–H groups in total. The smallest absolute Gasteiger partial charge is 0.228 e. The third-order valence-electron chi connectivity index (χ3n) is 5.18. The van der Waals surface area contributed by atoms with Gasteiger partial charge in [0.2, 0.25) is 5.91 Å². The van der Waals surface area contributed by atoms with Crippen molar-refractivity contribution in [1.29, 1.82) is 0 Å². The monoisotopic (exact) mass is 358 g/mol. The van der Waals surface area contributed by atoms with Crippen LogP contribution >= 0.6 is 24.0 Å². The molecule has 1 saturated heterocycles. The Kier molecular flexibility index (Phi) is 6.18. The van der Waals surface area contributed by atoms with Crippen LogP contribution < -0.4 is 15.4 Å². The average Bonchev–Trinajstić information content (AvgIpc) is 2.98. The molecule has 1 aromatic carbocycles. The summed E-state index contributed by atoms with van der Waals surface area (Å²) in [5.74, 6) is 1.38. The van der Waals surface area contributed by atoms with E-state index >= 15 is 0 Å². The van der Waals surface area contributed by atoms with E-state index in [0.29, 0.717) is 17.5 Å². The Labute approximate surface area is 148 Å². The molecule has 2 atom stereocenters. The molecule has 1 amide bonds. The molecule has 1 heterocycles. The summed E-state index contributed by atoms with van der Waals surface area (Å²) in [4.78, 5) is 12.8. The first-order valence-electron chi connectivity index (χ1n) is 7.97. The van der Waals surface area contributed by atoms with E-state index in [9.17, 15) is 4.79 Å². The number of rotatable bonds is 4. The third kappa shape index (κ3) is 3.59. The molecular weight excluding hydrogens is 335 g/mol. The number of nitrogens with one attached hydrogen (secondary N) is 2. The maximum absolute atomic E-state index is 12.8. The standard InChI is InChI=1S/C17H23ClN2O2.ClH/c1-22-15-8-14(18)6-5-12(15)9-20-16(21)17-7-3-2-4-13(17)10-19-11-17;/h5-6,8,13,19H,2-4,7,9-11H2,1H3,(H,20,21);1H/t13-,17+;/m0./s1. The minimum atomic E-state index is -0.210. The fraction of sp³-hybridized carbons (Fsp3) is 0.588. The van der Waals surface area contributed by atoms with E-state index in [0.717, 1.165) is 43.7 Å². The molecule has 23 heavy (non-hydrogen) atoms. The first-order chi connectivity index (χ1) is 10.7. The molecule has 3 rings (SSSR count). The quantitative estimate of drug-likeness (QED) is 0.868. The Morgan fingerprint density at radius 2 is 2.30 bits per heavy atom. The van der Waals surface area contributed by atoms with E-state index in [2.05, 4.69) is 10.6 Å². The highest BCUT2D eigenvalue weighted by Crippen LogP contribution is 2.44. The van der Waals surface area contributed by atoms with Crippen LogP contribution in [0.1, 0.15) is 31.2 Å². The van der Waals surface area contributed by atoms with Gasteiger partial charge in [0.15, 0.2) is 0 Å². The van der Waals surface area contributed by atoms with Gasteiger partial charge in [0, 0.05) is 23.7 Å². The van der Waals surface area contributed by atoms with Gasteiger partial charge in [-0.25, -0.2) is 0 Å². The molecule has 0 aromatic heterocycles. The molecule has 1 aliphatic carbocycles. The van der Waals surface area contributed by atoms with Gasteiger partial charge in [0.25, 0.3) is 0 Å². The second-order valence-electron chi connectivity index (χ2n) is 6.37. The minimum absolute atomic E-state index is 0. The van der Waals surface area contributed by atoms with Crippen molar-refractivity contribution in [3.63, 3.8) is 0 Å². The average molecular weight is 359 g/mol. The maximum atomic E-state index is 12.8. The van der Waals surface area contributed by atoms with Crippen molar-refractivity contribution in [2.75, 3.05) is 20.2 Å². The van der Waals surface area contributed by atoms with Crippen molar-refractivity contribution in [3.05, 3.63) is 28.8 Å². The van der Waals surface area contributed by atoms with Crippen LogP contribution in [-0.2, 0) is 11.3 Å². The molecule has 2 aliphatic rings. The van der Waals surface area contributed by atoms with Crippen LogP contribution in [0.15, 0.2) is 18.2 Å². The number of halogens is 2. The summed E-state index contributed by atoms with van der Waals surface area (Å²) in [7, 11) is 1.62. The summed E-state index contributed by atoms with van der Waals surface area (Å²) in [5.41, 5.74) is 0.743. The Morgan fingerprint density at radius 3 is 3.09 bits per heavy atom. The predicted molar refractivity (Wildman–Crippen MR) is 94.4 cm³/mol. The third-order valence-corrected chi connectivity index (χ3v) is 5.41.